The van der Waals surface area contributed by atoms with Gasteiger partial charge in [0.1, 0.15) is 11.6 Å². The zero-order valence-electron chi connectivity index (χ0n) is 9.89. The summed E-state index contributed by atoms with van der Waals surface area (Å²) in [6, 6.07) is 1.74. The molecule has 0 amide bonds. The van der Waals surface area contributed by atoms with E-state index in [1.807, 2.05) is 0 Å². The van der Waals surface area contributed by atoms with E-state index in [0.717, 1.165) is 25.3 Å². The number of nitrogens with two attached hydrogens (primary N) is 2. The van der Waals surface area contributed by atoms with Crippen molar-refractivity contribution in [3.63, 3.8) is 0 Å². The van der Waals surface area contributed by atoms with Crippen LogP contribution in [0.4, 0.5) is 17.6 Å². The molecule has 0 saturated carbocycles. The fourth-order valence-electron chi connectivity index (χ4n) is 1.87. The molecule has 4 N–H and O–H groups in total. The summed E-state index contributed by atoms with van der Waals surface area (Å²) in [6.07, 6.45) is 3.12. The molecule has 0 aromatic carbocycles. The van der Waals surface area contributed by atoms with E-state index >= 15 is 0 Å². The second kappa shape index (κ2) is 5.01. The summed E-state index contributed by atoms with van der Waals surface area (Å²) >= 11 is 0. The third-order valence-corrected chi connectivity index (χ3v) is 2.71. The Hall–Kier alpha value is -1.82. The molecule has 2 heterocycles. The fraction of sp³-hybridized carbons (Fsp3) is 0.455. The lowest BCUT2D eigenvalue weighted by molar-refractivity contribution is 0.222. The molecule has 17 heavy (non-hydrogen) atoms. The molecule has 2 rings (SSSR count). The third kappa shape index (κ3) is 2.85. The number of ether oxygens (including phenoxy) is 1. The lowest BCUT2D eigenvalue weighted by atomic mass is 10.1. The maximum atomic E-state index is 5.65. The average molecular weight is 235 g/mol. The van der Waals surface area contributed by atoms with Crippen LogP contribution in [0.1, 0.15) is 6.42 Å². The van der Waals surface area contributed by atoms with Gasteiger partial charge in [-0.2, -0.15) is 9.97 Å². The van der Waals surface area contributed by atoms with Crippen LogP contribution in [0.25, 0.3) is 0 Å². The number of nitrogen functional groups attached to an aromatic ring is 2. The molecule has 0 radical (unpaired) electrons. The van der Waals surface area contributed by atoms with Crippen LogP contribution < -0.4 is 16.4 Å². The molecular formula is C11H17N5O. The Bertz CT molecular complexity index is 412. The molecule has 0 spiro atoms. The summed E-state index contributed by atoms with van der Waals surface area (Å²) in [6.45, 7) is 2.39. The molecular weight excluding hydrogens is 218 g/mol. The molecule has 1 aliphatic heterocycles. The van der Waals surface area contributed by atoms with Gasteiger partial charge in [0.05, 0.1) is 6.61 Å². The monoisotopic (exact) mass is 235 g/mol. The molecule has 1 aromatic heterocycles. The molecule has 1 aliphatic rings. The molecule has 0 saturated heterocycles. The van der Waals surface area contributed by atoms with Crippen LogP contribution in [0.5, 0.6) is 0 Å². The first-order valence-electron chi connectivity index (χ1n) is 5.51. The Labute approximate surface area is 100 Å². The predicted octanol–water partition coefficient (Wildman–Crippen LogP) is 0.424. The van der Waals surface area contributed by atoms with Gasteiger partial charge in [-0.3, -0.25) is 0 Å². The summed E-state index contributed by atoms with van der Waals surface area (Å²) in [7, 11) is 1.71. The Morgan fingerprint density at radius 2 is 2.24 bits per heavy atom. The predicted molar refractivity (Wildman–Crippen MR) is 67.6 cm³/mol. The lowest BCUT2D eigenvalue weighted by Gasteiger charge is -2.27. The topological polar surface area (TPSA) is 90.3 Å². The van der Waals surface area contributed by atoms with E-state index in [2.05, 4.69) is 20.9 Å². The van der Waals surface area contributed by atoms with Crippen molar-refractivity contribution in [1.29, 1.82) is 0 Å². The second-order valence-electron chi connectivity index (χ2n) is 4.00. The van der Waals surface area contributed by atoms with Crippen molar-refractivity contribution in [3.05, 3.63) is 17.7 Å². The SMILES string of the molecule is COCC1=CCN(c2cc(N)nc(N)n2)CC1. The standard InChI is InChI=1S/C11H17N5O/c1-17-7-8-2-4-16(5-3-8)10-6-9(12)14-11(13)15-10/h2,6H,3-5,7H2,1H3,(H4,12,13,14,15). The first kappa shape index (κ1) is 11.7. The maximum Gasteiger partial charge on any atom is 0.223 e. The van der Waals surface area contributed by atoms with Crippen LogP contribution in [-0.4, -0.2) is 36.8 Å². The van der Waals surface area contributed by atoms with Crippen LogP contribution in [0.15, 0.2) is 17.7 Å². The molecule has 6 heteroatoms. The normalized spacial score (nSPS) is 15.8. The van der Waals surface area contributed by atoms with Crippen LogP contribution in [0.3, 0.4) is 0 Å². The van der Waals surface area contributed by atoms with E-state index < -0.39 is 0 Å². The van der Waals surface area contributed by atoms with Crippen molar-refractivity contribution in [2.24, 2.45) is 0 Å². The Kier molecular flexibility index (Phi) is 3.43. The van der Waals surface area contributed by atoms with Gasteiger partial charge >= 0.3 is 0 Å². The fourth-order valence-corrected chi connectivity index (χ4v) is 1.87. The van der Waals surface area contributed by atoms with E-state index in [9.17, 15) is 0 Å². The minimum Gasteiger partial charge on any atom is -0.383 e. The van der Waals surface area contributed by atoms with Gasteiger partial charge in [-0.05, 0) is 12.0 Å². The summed E-state index contributed by atoms with van der Waals surface area (Å²) in [5.74, 6) is 1.40. The zero-order chi connectivity index (χ0) is 12.3. The van der Waals surface area contributed by atoms with E-state index in [1.165, 1.54) is 5.57 Å². The number of rotatable bonds is 3. The smallest absolute Gasteiger partial charge is 0.223 e. The van der Waals surface area contributed by atoms with Crippen molar-refractivity contribution in [3.8, 4) is 0 Å². The Morgan fingerprint density at radius 1 is 1.41 bits per heavy atom. The number of aromatic nitrogens is 2. The molecule has 0 unspecified atom stereocenters. The van der Waals surface area contributed by atoms with Crippen molar-refractivity contribution in [1.82, 2.24) is 9.97 Å². The number of nitrogens with zero attached hydrogens (tertiary/aromatic N) is 3. The van der Waals surface area contributed by atoms with E-state index in [1.54, 1.807) is 13.2 Å². The molecule has 6 nitrogen and oxygen atoms in total. The number of hydrogen-bond acceptors (Lipinski definition) is 6. The lowest BCUT2D eigenvalue weighted by Crippen LogP contribution is -2.30. The highest BCUT2D eigenvalue weighted by atomic mass is 16.5. The van der Waals surface area contributed by atoms with Gasteiger partial charge in [0.2, 0.25) is 5.95 Å². The van der Waals surface area contributed by atoms with E-state index in [4.69, 9.17) is 16.2 Å². The highest BCUT2D eigenvalue weighted by molar-refractivity contribution is 5.51. The molecule has 1 aromatic rings. The van der Waals surface area contributed by atoms with Crippen molar-refractivity contribution in [2.45, 2.75) is 6.42 Å². The summed E-state index contributed by atoms with van der Waals surface area (Å²) < 4.78 is 5.11. The van der Waals surface area contributed by atoms with Gasteiger partial charge in [-0.15, -0.1) is 0 Å². The van der Waals surface area contributed by atoms with Gasteiger partial charge in [-0.25, -0.2) is 0 Å². The van der Waals surface area contributed by atoms with Crippen molar-refractivity contribution < 1.29 is 4.74 Å². The first-order chi connectivity index (χ1) is 8.19. The molecule has 0 bridgehead atoms. The highest BCUT2D eigenvalue weighted by Crippen LogP contribution is 2.19. The minimum atomic E-state index is 0.215. The summed E-state index contributed by atoms with van der Waals surface area (Å²) in [4.78, 5) is 10.2. The molecule has 0 aliphatic carbocycles. The second-order valence-corrected chi connectivity index (χ2v) is 4.00. The van der Waals surface area contributed by atoms with E-state index in [0.29, 0.717) is 12.4 Å². The van der Waals surface area contributed by atoms with Gasteiger partial charge < -0.3 is 21.1 Å². The minimum absolute atomic E-state index is 0.215. The summed E-state index contributed by atoms with van der Waals surface area (Å²) in [5, 5.41) is 0. The van der Waals surface area contributed by atoms with Crippen LogP contribution in [-0.2, 0) is 4.74 Å². The average Bonchev–Trinajstić information content (AvgIpc) is 2.29. The highest BCUT2D eigenvalue weighted by Gasteiger charge is 2.14. The molecule has 0 atom stereocenters. The van der Waals surface area contributed by atoms with E-state index in [-0.39, 0.29) is 5.95 Å². The van der Waals surface area contributed by atoms with Gasteiger partial charge in [0.25, 0.3) is 0 Å². The van der Waals surface area contributed by atoms with Crippen LogP contribution in [0.2, 0.25) is 0 Å². The number of anilines is 3. The molecule has 0 fully saturated rings. The Balaban J connectivity index is 2.10. The number of hydrogen-bond donors (Lipinski definition) is 2. The van der Waals surface area contributed by atoms with Gasteiger partial charge in [0, 0.05) is 26.3 Å². The first-order valence-corrected chi connectivity index (χ1v) is 5.51. The Morgan fingerprint density at radius 3 is 2.82 bits per heavy atom. The van der Waals surface area contributed by atoms with Crippen molar-refractivity contribution in [2.75, 3.05) is 43.2 Å². The quantitative estimate of drug-likeness (QED) is 0.738. The largest absolute Gasteiger partial charge is 0.383 e. The third-order valence-electron chi connectivity index (χ3n) is 2.71. The maximum absolute atomic E-state index is 5.65. The zero-order valence-corrected chi connectivity index (χ0v) is 9.89. The van der Waals surface area contributed by atoms with Gasteiger partial charge in [0.15, 0.2) is 0 Å². The van der Waals surface area contributed by atoms with Crippen LogP contribution >= 0.6 is 0 Å². The van der Waals surface area contributed by atoms with Crippen LogP contribution in [0, 0.1) is 0 Å². The van der Waals surface area contributed by atoms with Crippen molar-refractivity contribution >= 4 is 17.6 Å². The molecule has 92 valence electrons. The summed E-state index contributed by atoms with van der Waals surface area (Å²) in [5.41, 5.74) is 12.5. The number of methoxy groups -OCH3 is 1. The van der Waals surface area contributed by atoms with Gasteiger partial charge in [-0.1, -0.05) is 6.08 Å².